The lowest BCUT2D eigenvalue weighted by molar-refractivity contribution is -0.115. The first-order chi connectivity index (χ1) is 12.3. The van der Waals surface area contributed by atoms with Crippen LogP contribution in [0.15, 0.2) is 42.5 Å². The molecule has 0 heterocycles. The monoisotopic (exact) mass is 350 g/mol. The topological polar surface area (TPSA) is 58.2 Å². The van der Waals surface area contributed by atoms with Crippen molar-refractivity contribution in [3.8, 4) is 0 Å². The van der Waals surface area contributed by atoms with E-state index in [1.807, 2.05) is 26.8 Å². The molecule has 2 aromatic carbocycles. The molecule has 0 bridgehead atoms. The molecule has 0 fully saturated rings. The summed E-state index contributed by atoms with van der Waals surface area (Å²) in [6.07, 6.45) is 3.83. The molecule has 4 nitrogen and oxygen atoms in total. The number of fused-ring (bicyclic) bond motifs is 1. The predicted octanol–water partition coefficient (Wildman–Crippen LogP) is 3.88. The van der Waals surface area contributed by atoms with Crippen molar-refractivity contribution in [1.82, 2.24) is 5.32 Å². The van der Waals surface area contributed by atoms with Gasteiger partial charge in [0.25, 0.3) is 5.91 Å². The predicted molar refractivity (Wildman–Crippen MR) is 104 cm³/mol. The van der Waals surface area contributed by atoms with Crippen molar-refractivity contribution in [2.45, 2.75) is 52.0 Å². The van der Waals surface area contributed by atoms with Gasteiger partial charge < -0.3 is 10.6 Å². The van der Waals surface area contributed by atoms with Crippen LogP contribution in [0.3, 0.4) is 0 Å². The maximum absolute atomic E-state index is 12.3. The molecule has 0 saturated carbocycles. The highest BCUT2D eigenvalue weighted by molar-refractivity contribution is 5.96. The molecular weight excluding hydrogens is 324 g/mol. The molecule has 0 saturated heterocycles. The van der Waals surface area contributed by atoms with Gasteiger partial charge in [-0.05, 0) is 81.0 Å². The number of nitrogens with one attached hydrogen (secondary N) is 2. The van der Waals surface area contributed by atoms with Crippen LogP contribution in [-0.2, 0) is 24.1 Å². The van der Waals surface area contributed by atoms with Crippen molar-refractivity contribution in [3.05, 3.63) is 64.7 Å². The zero-order valence-electron chi connectivity index (χ0n) is 15.7. The minimum atomic E-state index is -0.278. The van der Waals surface area contributed by atoms with E-state index >= 15 is 0 Å². The summed E-state index contributed by atoms with van der Waals surface area (Å²) in [5.41, 5.74) is 4.84. The van der Waals surface area contributed by atoms with Crippen LogP contribution in [0.25, 0.3) is 0 Å². The van der Waals surface area contributed by atoms with Gasteiger partial charge in [0.2, 0.25) is 5.91 Å². The van der Waals surface area contributed by atoms with E-state index < -0.39 is 0 Å². The average Bonchev–Trinajstić information content (AvgIpc) is 3.01. The molecule has 2 N–H and O–H groups in total. The summed E-state index contributed by atoms with van der Waals surface area (Å²) in [5, 5.41) is 5.82. The molecule has 0 radical (unpaired) electrons. The molecular formula is C22H26N2O2. The number of anilines is 1. The Kier molecular flexibility index (Phi) is 5.12. The summed E-state index contributed by atoms with van der Waals surface area (Å²) < 4.78 is 0. The van der Waals surface area contributed by atoms with Crippen molar-refractivity contribution in [1.29, 1.82) is 0 Å². The lowest BCUT2D eigenvalue weighted by Crippen LogP contribution is -2.40. The summed E-state index contributed by atoms with van der Waals surface area (Å²) in [6, 6.07) is 13.3. The largest absolute Gasteiger partial charge is 0.347 e. The van der Waals surface area contributed by atoms with Gasteiger partial charge in [-0.1, -0.05) is 18.2 Å². The smallest absolute Gasteiger partial charge is 0.251 e. The Bertz CT molecular complexity index is 817. The molecule has 1 aliphatic rings. The van der Waals surface area contributed by atoms with Crippen LogP contribution in [0.4, 0.5) is 5.69 Å². The quantitative estimate of drug-likeness (QED) is 0.879. The Morgan fingerprint density at radius 2 is 1.65 bits per heavy atom. The second-order valence-electron chi connectivity index (χ2n) is 7.96. The van der Waals surface area contributed by atoms with Crippen LogP contribution in [0, 0.1) is 0 Å². The molecule has 0 unspecified atom stereocenters. The molecule has 136 valence electrons. The van der Waals surface area contributed by atoms with E-state index in [-0.39, 0.29) is 17.4 Å². The zero-order valence-corrected chi connectivity index (χ0v) is 15.7. The van der Waals surface area contributed by atoms with E-state index in [1.165, 1.54) is 17.5 Å². The van der Waals surface area contributed by atoms with Crippen molar-refractivity contribution >= 4 is 17.5 Å². The Morgan fingerprint density at radius 1 is 0.962 bits per heavy atom. The summed E-state index contributed by atoms with van der Waals surface area (Å²) in [7, 11) is 0. The van der Waals surface area contributed by atoms with E-state index in [9.17, 15) is 9.59 Å². The van der Waals surface area contributed by atoms with Gasteiger partial charge in [0.05, 0.1) is 6.42 Å². The molecule has 2 aromatic rings. The molecule has 26 heavy (non-hydrogen) atoms. The van der Waals surface area contributed by atoms with Gasteiger partial charge in [0, 0.05) is 16.8 Å². The molecule has 0 aromatic heterocycles. The standard InChI is InChI=1S/C22H26N2O2/c1-22(2,3)24-21(26)17-9-11-19(12-10-17)23-20(25)14-15-7-8-16-5-4-6-18(16)13-15/h7-13H,4-6,14H2,1-3H3,(H,23,25)(H,24,26). The second kappa shape index (κ2) is 7.32. The summed E-state index contributed by atoms with van der Waals surface area (Å²) >= 11 is 0. The number of carbonyl (C=O) groups excluding carboxylic acids is 2. The summed E-state index contributed by atoms with van der Waals surface area (Å²) in [5.74, 6) is -0.164. The fraction of sp³-hybridized carbons (Fsp3) is 0.364. The van der Waals surface area contributed by atoms with Crippen LogP contribution < -0.4 is 10.6 Å². The van der Waals surface area contributed by atoms with E-state index in [1.54, 1.807) is 24.3 Å². The fourth-order valence-electron chi connectivity index (χ4n) is 3.24. The van der Waals surface area contributed by atoms with Gasteiger partial charge in [0.15, 0.2) is 0 Å². The van der Waals surface area contributed by atoms with Crippen LogP contribution >= 0.6 is 0 Å². The van der Waals surface area contributed by atoms with Crippen molar-refractivity contribution in [2.24, 2.45) is 0 Å². The van der Waals surface area contributed by atoms with Gasteiger partial charge in [-0.15, -0.1) is 0 Å². The number of rotatable bonds is 4. The van der Waals surface area contributed by atoms with Crippen LogP contribution in [0.1, 0.15) is 54.2 Å². The molecule has 3 rings (SSSR count). The minimum absolute atomic E-state index is 0.0464. The number of hydrogen-bond acceptors (Lipinski definition) is 2. The molecule has 1 aliphatic carbocycles. The fourth-order valence-corrected chi connectivity index (χ4v) is 3.24. The number of hydrogen-bond donors (Lipinski definition) is 2. The van der Waals surface area contributed by atoms with E-state index in [0.29, 0.717) is 17.7 Å². The normalized spacial score (nSPS) is 13.2. The lowest BCUT2D eigenvalue weighted by Gasteiger charge is -2.20. The van der Waals surface area contributed by atoms with E-state index in [4.69, 9.17) is 0 Å². The van der Waals surface area contributed by atoms with Crippen molar-refractivity contribution in [2.75, 3.05) is 5.32 Å². The first-order valence-corrected chi connectivity index (χ1v) is 9.13. The second-order valence-corrected chi connectivity index (χ2v) is 7.96. The highest BCUT2D eigenvalue weighted by Gasteiger charge is 2.15. The highest BCUT2D eigenvalue weighted by atomic mass is 16.2. The Hall–Kier alpha value is -2.62. The number of benzene rings is 2. The van der Waals surface area contributed by atoms with Gasteiger partial charge in [0.1, 0.15) is 0 Å². The lowest BCUT2D eigenvalue weighted by atomic mass is 10.0. The van der Waals surface area contributed by atoms with E-state index in [0.717, 1.165) is 18.4 Å². The van der Waals surface area contributed by atoms with Crippen molar-refractivity contribution in [3.63, 3.8) is 0 Å². The zero-order chi connectivity index (χ0) is 18.7. The Morgan fingerprint density at radius 3 is 2.35 bits per heavy atom. The van der Waals surface area contributed by atoms with Gasteiger partial charge in [-0.25, -0.2) is 0 Å². The first kappa shape index (κ1) is 18.2. The van der Waals surface area contributed by atoms with Gasteiger partial charge >= 0.3 is 0 Å². The van der Waals surface area contributed by atoms with Crippen molar-refractivity contribution < 1.29 is 9.59 Å². The van der Waals surface area contributed by atoms with Crippen LogP contribution in [-0.4, -0.2) is 17.4 Å². The summed E-state index contributed by atoms with van der Waals surface area (Å²) in [6.45, 7) is 5.83. The molecule has 2 amide bonds. The van der Waals surface area contributed by atoms with E-state index in [2.05, 4.69) is 22.8 Å². The number of aryl methyl sites for hydroxylation is 2. The van der Waals surface area contributed by atoms with Crippen LogP contribution in [0.2, 0.25) is 0 Å². The van der Waals surface area contributed by atoms with Crippen LogP contribution in [0.5, 0.6) is 0 Å². The highest BCUT2D eigenvalue weighted by Crippen LogP contribution is 2.23. The average molecular weight is 350 g/mol. The van der Waals surface area contributed by atoms with Gasteiger partial charge in [-0.3, -0.25) is 9.59 Å². The third kappa shape index (κ3) is 4.72. The maximum atomic E-state index is 12.3. The third-order valence-electron chi connectivity index (χ3n) is 4.45. The minimum Gasteiger partial charge on any atom is -0.347 e. The van der Waals surface area contributed by atoms with Gasteiger partial charge in [-0.2, -0.15) is 0 Å². The molecule has 0 spiro atoms. The number of carbonyl (C=O) groups is 2. The number of amides is 2. The Labute approximate surface area is 155 Å². The maximum Gasteiger partial charge on any atom is 0.251 e. The molecule has 0 atom stereocenters. The summed E-state index contributed by atoms with van der Waals surface area (Å²) in [4.78, 5) is 24.4. The first-order valence-electron chi connectivity index (χ1n) is 9.13. The SMILES string of the molecule is CC(C)(C)NC(=O)c1ccc(NC(=O)Cc2ccc3c(c2)CCC3)cc1. The Balaban J connectivity index is 1.58. The molecule has 0 aliphatic heterocycles. The molecule has 4 heteroatoms. The third-order valence-corrected chi connectivity index (χ3v) is 4.45.